The van der Waals surface area contributed by atoms with Crippen LogP contribution < -0.4 is 5.32 Å². The molecule has 1 aromatic heterocycles. The van der Waals surface area contributed by atoms with Crippen LogP contribution in [0, 0.1) is 27.3 Å². The number of halogens is 2. The van der Waals surface area contributed by atoms with E-state index in [2.05, 4.69) is 10.3 Å². The van der Waals surface area contributed by atoms with Crippen molar-refractivity contribution in [2.24, 2.45) is 0 Å². The number of rotatable bonds is 5. The van der Waals surface area contributed by atoms with Crippen molar-refractivity contribution in [1.29, 1.82) is 5.26 Å². The molecule has 7 nitrogen and oxygen atoms in total. The number of aliphatic hydroxyl groups is 1. The average Bonchev–Trinajstić information content (AvgIpc) is 2.66. The van der Waals surface area contributed by atoms with Crippen LogP contribution in [0.4, 0.5) is 15.9 Å². The number of anilines is 1. The summed E-state index contributed by atoms with van der Waals surface area (Å²) in [6, 6.07) is 11.4. The number of nitro groups is 1. The predicted molar refractivity (Wildman–Crippen MR) is 98.0 cm³/mol. The monoisotopic (exact) mass is 386 g/mol. The largest absolute Gasteiger partial charge is 0.387 e. The fourth-order valence-electron chi connectivity index (χ4n) is 2.55. The van der Waals surface area contributed by atoms with Gasteiger partial charge in [0.25, 0.3) is 5.69 Å². The molecule has 3 rings (SSSR count). The van der Waals surface area contributed by atoms with Crippen LogP contribution in [0.5, 0.6) is 0 Å². The second-order valence-corrected chi connectivity index (χ2v) is 6.10. The maximum Gasteiger partial charge on any atom is 0.270 e. The normalized spacial score (nSPS) is 11.8. The summed E-state index contributed by atoms with van der Waals surface area (Å²) in [5.74, 6) is -0.327. The zero-order valence-corrected chi connectivity index (χ0v) is 14.4. The number of fused-ring (bicyclic) bond motifs is 1. The SMILES string of the molecule is N#Cc1cc(NCC(O)c2ccc(Cl)c(F)c2)nc2ccc([N+](=O)[O-])cc12. The van der Waals surface area contributed by atoms with Gasteiger partial charge in [-0.25, -0.2) is 9.37 Å². The summed E-state index contributed by atoms with van der Waals surface area (Å²) in [5, 5.41) is 33.6. The van der Waals surface area contributed by atoms with Crippen molar-refractivity contribution in [3.63, 3.8) is 0 Å². The van der Waals surface area contributed by atoms with E-state index in [1.54, 1.807) is 0 Å². The Morgan fingerprint density at radius 2 is 2.11 bits per heavy atom. The van der Waals surface area contributed by atoms with Crippen LogP contribution in [0.25, 0.3) is 10.9 Å². The van der Waals surface area contributed by atoms with E-state index in [-0.39, 0.29) is 22.8 Å². The Labute approximate surface area is 157 Å². The van der Waals surface area contributed by atoms with Gasteiger partial charge in [0.05, 0.1) is 33.2 Å². The molecule has 0 amide bonds. The van der Waals surface area contributed by atoms with Crippen molar-refractivity contribution in [2.45, 2.75) is 6.10 Å². The zero-order valence-electron chi connectivity index (χ0n) is 13.7. The van der Waals surface area contributed by atoms with Crippen LogP contribution in [0.15, 0.2) is 42.5 Å². The van der Waals surface area contributed by atoms with Crippen molar-refractivity contribution in [1.82, 2.24) is 4.98 Å². The van der Waals surface area contributed by atoms with Crippen LogP contribution in [-0.4, -0.2) is 21.6 Å². The molecule has 2 aromatic carbocycles. The lowest BCUT2D eigenvalue weighted by Crippen LogP contribution is -2.13. The topological polar surface area (TPSA) is 112 Å². The molecule has 1 atom stereocenters. The molecule has 0 radical (unpaired) electrons. The first-order valence-electron chi connectivity index (χ1n) is 7.75. The number of aliphatic hydroxyl groups excluding tert-OH is 1. The first kappa shape index (κ1) is 18.5. The Morgan fingerprint density at radius 3 is 2.78 bits per heavy atom. The number of hydrogen-bond acceptors (Lipinski definition) is 6. The van der Waals surface area contributed by atoms with E-state index in [9.17, 15) is 24.9 Å². The Morgan fingerprint density at radius 1 is 1.33 bits per heavy atom. The highest BCUT2D eigenvalue weighted by Crippen LogP contribution is 2.26. The number of nitro benzene ring substituents is 1. The molecule has 0 fully saturated rings. The summed E-state index contributed by atoms with van der Waals surface area (Å²) in [7, 11) is 0. The highest BCUT2D eigenvalue weighted by atomic mass is 35.5. The Kier molecular flexibility index (Phi) is 5.16. The zero-order chi connectivity index (χ0) is 19.6. The van der Waals surface area contributed by atoms with Gasteiger partial charge in [0, 0.05) is 24.1 Å². The molecule has 9 heteroatoms. The molecule has 2 N–H and O–H groups in total. The number of nitrogens with one attached hydrogen (secondary N) is 1. The molecule has 1 unspecified atom stereocenters. The van der Waals surface area contributed by atoms with Gasteiger partial charge in [0.1, 0.15) is 11.6 Å². The Bertz CT molecular complexity index is 1080. The molecule has 0 saturated carbocycles. The van der Waals surface area contributed by atoms with Gasteiger partial charge in [-0.05, 0) is 29.8 Å². The summed E-state index contributed by atoms with van der Waals surface area (Å²) in [5.41, 5.74) is 0.801. The van der Waals surface area contributed by atoms with Gasteiger partial charge in [0.2, 0.25) is 0 Å². The van der Waals surface area contributed by atoms with E-state index < -0.39 is 16.8 Å². The van der Waals surface area contributed by atoms with Crippen LogP contribution in [0.1, 0.15) is 17.2 Å². The molecular weight excluding hydrogens is 375 g/mol. The van der Waals surface area contributed by atoms with Gasteiger partial charge in [-0.1, -0.05) is 17.7 Å². The molecular formula is C18H12ClFN4O3. The van der Waals surface area contributed by atoms with Crippen molar-refractivity contribution in [3.8, 4) is 6.07 Å². The molecule has 0 bridgehead atoms. The van der Waals surface area contributed by atoms with Crippen LogP contribution in [0.3, 0.4) is 0 Å². The third-order valence-corrected chi connectivity index (χ3v) is 4.24. The van der Waals surface area contributed by atoms with Crippen molar-refractivity contribution < 1.29 is 14.4 Å². The summed E-state index contributed by atoms with van der Waals surface area (Å²) in [6.07, 6.45) is -1.03. The van der Waals surface area contributed by atoms with E-state index in [0.29, 0.717) is 22.3 Å². The number of aromatic nitrogens is 1. The average molecular weight is 387 g/mol. The number of hydrogen-bond donors (Lipinski definition) is 2. The third-order valence-electron chi connectivity index (χ3n) is 3.93. The first-order valence-corrected chi connectivity index (χ1v) is 8.13. The second-order valence-electron chi connectivity index (χ2n) is 5.70. The Balaban J connectivity index is 1.84. The minimum Gasteiger partial charge on any atom is -0.387 e. The predicted octanol–water partition coefficient (Wildman–Crippen LogP) is 3.95. The second kappa shape index (κ2) is 7.53. The standard InChI is InChI=1S/C18H12ClFN4O3/c19-14-3-1-10(5-15(14)20)17(25)9-22-18-6-11(8-21)13-7-12(24(26)27)2-4-16(13)23-18/h1-7,17,25H,9H2,(H,22,23). The van der Waals surface area contributed by atoms with Crippen molar-refractivity contribution in [2.75, 3.05) is 11.9 Å². The fourth-order valence-corrected chi connectivity index (χ4v) is 2.67. The smallest absolute Gasteiger partial charge is 0.270 e. The summed E-state index contributed by atoms with van der Waals surface area (Å²) in [4.78, 5) is 14.6. The van der Waals surface area contributed by atoms with E-state index in [0.717, 1.165) is 6.07 Å². The molecule has 0 aliphatic heterocycles. The van der Waals surface area contributed by atoms with E-state index in [1.165, 1.54) is 36.4 Å². The summed E-state index contributed by atoms with van der Waals surface area (Å²) < 4.78 is 13.5. The molecule has 1 heterocycles. The van der Waals surface area contributed by atoms with E-state index in [1.807, 2.05) is 6.07 Å². The molecule has 0 spiro atoms. The molecule has 0 saturated heterocycles. The third kappa shape index (κ3) is 3.95. The molecule has 0 aliphatic carbocycles. The number of non-ortho nitro benzene ring substituents is 1. The van der Waals surface area contributed by atoms with Gasteiger partial charge in [-0.3, -0.25) is 10.1 Å². The van der Waals surface area contributed by atoms with Gasteiger partial charge in [-0.15, -0.1) is 0 Å². The number of nitrogens with zero attached hydrogens (tertiary/aromatic N) is 3. The van der Waals surface area contributed by atoms with Gasteiger partial charge in [0.15, 0.2) is 0 Å². The van der Waals surface area contributed by atoms with Gasteiger partial charge in [-0.2, -0.15) is 5.26 Å². The van der Waals surface area contributed by atoms with Crippen LogP contribution >= 0.6 is 11.6 Å². The lowest BCUT2D eigenvalue weighted by atomic mass is 10.1. The highest BCUT2D eigenvalue weighted by molar-refractivity contribution is 6.30. The summed E-state index contributed by atoms with van der Waals surface area (Å²) >= 11 is 5.62. The van der Waals surface area contributed by atoms with Crippen LogP contribution in [0.2, 0.25) is 5.02 Å². The summed E-state index contributed by atoms with van der Waals surface area (Å²) in [6.45, 7) is 0.0113. The minimum atomic E-state index is -1.03. The lowest BCUT2D eigenvalue weighted by Gasteiger charge is -2.14. The molecule has 136 valence electrons. The maximum absolute atomic E-state index is 13.5. The van der Waals surface area contributed by atoms with Crippen molar-refractivity contribution >= 4 is 34.0 Å². The van der Waals surface area contributed by atoms with Gasteiger partial charge >= 0.3 is 0 Å². The first-order chi connectivity index (χ1) is 12.9. The van der Waals surface area contributed by atoms with Crippen molar-refractivity contribution in [3.05, 3.63) is 74.5 Å². The fraction of sp³-hybridized carbons (Fsp3) is 0.111. The molecule has 27 heavy (non-hydrogen) atoms. The van der Waals surface area contributed by atoms with Crippen LogP contribution in [-0.2, 0) is 0 Å². The lowest BCUT2D eigenvalue weighted by molar-refractivity contribution is -0.384. The highest BCUT2D eigenvalue weighted by Gasteiger charge is 2.14. The quantitative estimate of drug-likeness (QED) is 0.507. The number of nitriles is 1. The van der Waals surface area contributed by atoms with E-state index >= 15 is 0 Å². The maximum atomic E-state index is 13.5. The molecule has 3 aromatic rings. The van der Waals surface area contributed by atoms with Gasteiger partial charge < -0.3 is 10.4 Å². The number of pyridine rings is 1. The van der Waals surface area contributed by atoms with E-state index in [4.69, 9.17) is 11.6 Å². The minimum absolute atomic E-state index is 0.0113. The molecule has 0 aliphatic rings. The number of benzene rings is 2. The Hall–Kier alpha value is -3.28.